The number of thiazole rings is 1. The van der Waals surface area contributed by atoms with Crippen LogP contribution in [0.15, 0.2) is 10.9 Å². The van der Waals surface area contributed by atoms with Crippen LogP contribution in [0.25, 0.3) is 0 Å². The number of amides is 1. The molecule has 1 aromatic heterocycles. The van der Waals surface area contributed by atoms with E-state index in [9.17, 15) is 4.79 Å². The zero-order valence-corrected chi connectivity index (χ0v) is 13.7. The van der Waals surface area contributed by atoms with E-state index in [1.807, 2.05) is 10.3 Å². The van der Waals surface area contributed by atoms with Crippen molar-refractivity contribution in [3.05, 3.63) is 16.6 Å². The summed E-state index contributed by atoms with van der Waals surface area (Å²) < 4.78 is 5.52. The molecule has 1 amide bonds. The van der Waals surface area contributed by atoms with Gasteiger partial charge in [-0.25, -0.2) is 4.98 Å². The molecule has 4 heterocycles. The van der Waals surface area contributed by atoms with Crippen LogP contribution in [0, 0.1) is 5.41 Å². The molecule has 22 heavy (non-hydrogen) atoms. The third kappa shape index (κ3) is 2.68. The predicted octanol–water partition coefficient (Wildman–Crippen LogP) is 1.86. The van der Waals surface area contributed by atoms with Gasteiger partial charge >= 0.3 is 0 Å². The van der Waals surface area contributed by atoms with E-state index >= 15 is 0 Å². The standard InChI is InChI=1S/C16H23N3O2S/c20-15(14-10-22-12-17-14)19-7-4-16(11-19)2-5-18(6-3-16)13-1-8-21-9-13/h10,12-13H,1-9,11H2/t13-/m1/s1. The highest BCUT2D eigenvalue weighted by atomic mass is 32.1. The second-order valence-corrected chi connectivity index (χ2v) is 7.62. The van der Waals surface area contributed by atoms with Crippen LogP contribution in [0.2, 0.25) is 0 Å². The SMILES string of the molecule is O=C(c1cscn1)N1CCC2(CCN([C@@H]3CCOC3)CC2)C1. The molecule has 0 bridgehead atoms. The number of hydrogen-bond acceptors (Lipinski definition) is 5. The summed E-state index contributed by atoms with van der Waals surface area (Å²) in [6, 6.07) is 0.631. The lowest BCUT2D eigenvalue weighted by Gasteiger charge is -2.41. The van der Waals surface area contributed by atoms with Gasteiger partial charge in [-0.3, -0.25) is 9.69 Å². The maximum absolute atomic E-state index is 12.5. The van der Waals surface area contributed by atoms with Gasteiger partial charge in [-0.2, -0.15) is 0 Å². The fourth-order valence-corrected chi connectivity index (χ4v) is 4.70. The third-order valence-electron chi connectivity index (χ3n) is 5.66. The van der Waals surface area contributed by atoms with Crippen molar-refractivity contribution in [1.29, 1.82) is 0 Å². The summed E-state index contributed by atoms with van der Waals surface area (Å²) in [5.74, 6) is 0.116. The molecule has 4 rings (SSSR count). The van der Waals surface area contributed by atoms with E-state index in [0.717, 1.165) is 45.8 Å². The van der Waals surface area contributed by atoms with Gasteiger partial charge in [0.05, 0.1) is 12.1 Å². The van der Waals surface area contributed by atoms with E-state index in [-0.39, 0.29) is 5.91 Å². The van der Waals surface area contributed by atoms with Crippen LogP contribution >= 0.6 is 11.3 Å². The van der Waals surface area contributed by atoms with Gasteiger partial charge in [-0.1, -0.05) is 0 Å². The van der Waals surface area contributed by atoms with E-state index in [2.05, 4.69) is 9.88 Å². The van der Waals surface area contributed by atoms with Crippen LogP contribution in [0.4, 0.5) is 0 Å². The Morgan fingerprint density at radius 1 is 1.32 bits per heavy atom. The van der Waals surface area contributed by atoms with E-state index in [0.29, 0.717) is 17.2 Å². The number of piperidine rings is 1. The fourth-order valence-electron chi connectivity index (χ4n) is 4.17. The molecular weight excluding hydrogens is 298 g/mol. The third-order valence-corrected chi connectivity index (χ3v) is 6.24. The molecule has 3 aliphatic rings. The molecule has 0 unspecified atom stereocenters. The van der Waals surface area contributed by atoms with Crippen molar-refractivity contribution in [2.75, 3.05) is 39.4 Å². The number of ether oxygens (including phenoxy) is 1. The smallest absolute Gasteiger partial charge is 0.273 e. The normalized spacial score (nSPS) is 28.5. The van der Waals surface area contributed by atoms with Crippen LogP contribution < -0.4 is 0 Å². The van der Waals surface area contributed by atoms with Crippen LogP contribution in [0.1, 0.15) is 36.2 Å². The zero-order valence-electron chi connectivity index (χ0n) is 12.9. The highest BCUT2D eigenvalue weighted by Crippen LogP contribution is 2.41. The summed E-state index contributed by atoms with van der Waals surface area (Å²) >= 11 is 1.49. The van der Waals surface area contributed by atoms with Crippen molar-refractivity contribution in [3.8, 4) is 0 Å². The van der Waals surface area contributed by atoms with Gasteiger partial charge in [0.1, 0.15) is 5.69 Å². The quantitative estimate of drug-likeness (QED) is 0.834. The Morgan fingerprint density at radius 3 is 2.82 bits per heavy atom. The van der Waals surface area contributed by atoms with Crippen molar-refractivity contribution in [3.63, 3.8) is 0 Å². The number of aromatic nitrogens is 1. The minimum atomic E-state index is 0.116. The Hall–Kier alpha value is -0.980. The highest BCUT2D eigenvalue weighted by molar-refractivity contribution is 7.07. The van der Waals surface area contributed by atoms with Crippen molar-refractivity contribution in [2.45, 2.75) is 31.7 Å². The van der Waals surface area contributed by atoms with E-state index in [1.165, 1.54) is 30.6 Å². The molecule has 0 aliphatic carbocycles. The van der Waals surface area contributed by atoms with Crippen molar-refractivity contribution >= 4 is 17.2 Å². The summed E-state index contributed by atoms with van der Waals surface area (Å²) in [4.78, 5) is 21.2. The molecule has 0 aromatic carbocycles. The summed E-state index contributed by atoms with van der Waals surface area (Å²) in [6.45, 7) is 5.95. The monoisotopic (exact) mass is 321 g/mol. The average molecular weight is 321 g/mol. The number of nitrogens with zero attached hydrogens (tertiary/aromatic N) is 3. The topological polar surface area (TPSA) is 45.7 Å². The van der Waals surface area contributed by atoms with Gasteiger partial charge in [0, 0.05) is 31.1 Å². The first-order valence-corrected chi connectivity index (χ1v) is 9.19. The van der Waals surface area contributed by atoms with E-state index in [4.69, 9.17) is 4.74 Å². The molecule has 3 aliphatic heterocycles. The molecule has 0 N–H and O–H groups in total. The Labute approximate surface area is 135 Å². The lowest BCUT2D eigenvalue weighted by Crippen LogP contribution is -2.46. The molecule has 0 saturated carbocycles. The molecule has 3 fully saturated rings. The molecule has 0 radical (unpaired) electrons. The van der Waals surface area contributed by atoms with Crippen molar-refractivity contribution < 1.29 is 9.53 Å². The molecule has 1 atom stereocenters. The predicted molar refractivity (Wildman–Crippen MR) is 85.1 cm³/mol. The molecule has 1 spiro atoms. The maximum atomic E-state index is 12.5. The lowest BCUT2D eigenvalue weighted by molar-refractivity contribution is 0.0606. The van der Waals surface area contributed by atoms with Crippen molar-refractivity contribution in [2.24, 2.45) is 5.41 Å². The zero-order chi connectivity index (χ0) is 15.0. The second-order valence-electron chi connectivity index (χ2n) is 6.90. The maximum Gasteiger partial charge on any atom is 0.273 e. The molecular formula is C16H23N3O2S. The van der Waals surface area contributed by atoms with E-state index in [1.54, 1.807) is 5.51 Å². The highest BCUT2D eigenvalue weighted by Gasteiger charge is 2.43. The molecule has 1 aromatic rings. The molecule has 5 nitrogen and oxygen atoms in total. The van der Waals surface area contributed by atoms with Crippen LogP contribution in [-0.4, -0.2) is 66.1 Å². The van der Waals surface area contributed by atoms with Crippen molar-refractivity contribution in [1.82, 2.24) is 14.8 Å². The Kier molecular flexibility index (Phi) is 3.92. The number of rotatable bonds is 2. The molecule has 6 heteroatoms. The van der Waals surface area contributed by atoms with Crippen LogP contribution in [-0.2, 0) is 4.74 Å². The fraction of sp³-hybridized carbons (Fsp3) is 0.750. The number of likely N-dealkylation sites (tertiary alicyclic amines) is 2. The van der Waals surface area contributed by atoms with Gasteiger partial charge in [0.2, 0.25) is 0 Å². The number of carbonyl (C=O) groups is 1. The van der Waals surface area contributed by atoms with Crippen LogP contribution in [0.5, 0.6) is 0 Å². The second kappa shape index (κ2) is 5.91. The average Bonchev–Trinajstić information content (AvgIpc) is 3.30. The molecule has 3 saturated heterocycles. The lowest BCUT2D eigenvalue weighted by atomic mass is 9.77. The summed E-state index contributed by atoms with van der Waals surface area (Å²) in [6.07, 6.45) is 4.76. The first-order valence-electron chi connectivity index (χ1n) is 8.25. The van der Waals surface area contributed by atoms with Gasteiger partial charge in [-0.05, 0) is 44.2 Å². The van der Waals surface area contributed by atoms with Crippen LogP contribution in [0.3, 0.4) is 0 Å². The van der Waals surface area contributed by atoms with Gasteiger partial charge in [0.25, 0.3) is 5.91 Å². The summed E-state index contributed by atoms with van der Waals surface area (Å²) in [5, 5.41) is 1.86. The van der Waals surface area contributed by atoms with Gasteiger partial charge in [0.15, 0.2) is 0 Å². The van der Waals surface area contributed by atoms with Gasteiger partial charge < -0.3 is 9.64 Å². The summed E-state index contributed by atoms with van der Waals surface area (Å²) in [7, 11) is 0. The first-order chi connectivity index (χ1) is 10.8. The number of carbonyl (C=O) groups excluding carboxylic acids is 1. The first kappa shape index (κ1) is 14.6. The minimum Gasteiger partial charge on any atom is -0.380 e. The molecule has 120 valence electrons. The van der Waals surface area contributed by atoms with Gasteiger partial charge in [-0.15, -0.1) is 11.3 Å². The number of hydrogen-bond donors (Lipinski definition) is 0. The van der Waals surface area contributed by atoms with E-state index < -0.39 is 0 Å². The Balaban J connectivity index is 1.35. The Bertz CT molecular complexity index is 520. The summed E-state index contributed by atoms with van der Waals surface area (Å²) in [5.41, 5.74) is 2.70. The Morgan fingerprint density at radius 2 is 2.14 bits per heavy atom. The largest absolute Gasteiger partial charge is 0.380 e. The minimum absolute atomic E-state index is 0.116.